The van der Waals surface area contributed by atoms with Crippen molar-refractivity contribution in [3.8, 4) is 0 Å². The summed E-state index contributed by atoms with van der Waals surface area (Å²) in [6.45, 7) is 6.27. The fourth-order valence-corrected chi connectivity index (χ4v) is 3.49. The summed E-state index contributed by atoms with van der Waals surface area (Å²) in [5, 5.41) is 9.13. The fraction of sp³-hybridized carbons (Fsp3) is 0.812. The Morgan fingerprint density at radius 2 is 1.90 bits per heavy atom. The van der Waals surface area contributed by atoms with E-state index in [0.717, 1.165) is 25.0 Å². The van der Waals surface area contributed by atoms with Gasteiger partial charge < -0.3 is 5.11 Å². The first kappa shape index (κ1) is 15.2. The number of carboxylic acid groups (broad SMARTS) is 1. The maximum atomic E-state index is 11.7. The molecule has 4 nitrogen and oxygen atoms in total. The van der Waals surface area contributed by atoms with E-state index in [1.807, 2.05) is 6.92 Å². The highest BCUT2D eigenvalue weighted by Gasteiger charge is 2.41. The Hall–Kier alpha value is -1.19. The molecular formula is C16H25NO3. The van der Waals surface area contributed by atoms with Crippen molar-refractivity contribution in [2.24, 2.45) is 22.7 Å². The maximum Gasteiger partial charge on any atom is 0.306 e. The monoisotopic (exact) mass is 279 g/mol. The van der Waals surface area contributed by atoms with Gasteiger partial charge in [0.05, 0.1) is 17.4 Å². The molecule has 2 rings (SSSR count). The van der Waals surface area contributed by atoms with E-state index in [-0.39, 0.29) is 17.4 Å². The van der Waals surface area contributed by atoms with Crippen LogP contribution in [0.4, 0.5) is 0 Å². The average molecular weight is 279 g/mol. The number of hydrogen-bond acceptors (Lipinski definition) is 3. The van der Waals surface area contributed by atoms with E-state index in [2.05, 4.69) is 13.8 Å². The van der Waals surface area contributed by atoms with Crippen LogP contribution in [0.5, 0.6) is 0 Å². The zero-order chi connectivity index (χ0) is 14.9. The summed E-state index contributed by atoms with van der Waals surface area (Å²) in [6.07, 6.45) is 4.46. The molecule has 0 bridgehead atoms. The van der Waals surface area contributed by atoms with Gasteiger partial charge in [-0.15, -0.1) is 0 Å². The summed E-state index contributed by atoms with van der Waals surface area (Å²) in [5.74, 6) is -0.263. The second-order valence-electron chi connectivity index (χ2n) is 6.66. The quantitative estimate of drug-likeness (QED) is 0.863. The number of nitrogens with zero attached hydrogens (tertiary/aromatic N) is 1. The Morgan fingerprint density at radius 3 is 2.30 bits per heavy atom. The van der Waals surface area contributed by atoms with Crippen LogP contribution in [-0.2, 0) is 9.59 Å². The topological polar surface area (TPSA) is 66.7 Å². The predicted octanol–water partition coefficient (Wildman–Crippen LogP) is 3.10. The lowest BCUT2D eigenvalue weighted by atomic mass is 9.71. The number of aliphatic imine (C=N–C) groups is 1. The molecule has 0 aromatic heterocycles. The highest BCUT2D eigenvalue weighted by atomic mass is 16.4. The molecule has 2 fully saturated rings. The largest absolute Gasteiger partial charge is 0.481 e. The Kier molecular flexibility index (Phi) is 4.31. The van der Waals surface area contributed by atoms with Crippen molar-refractivity contribution in [3.63, 3.8) is 0 Å². The molecule has 0 radical (unpaired) electrons. The van der Waals surface area contributed by atoms with E-state index >= 15 is 0 Å². The summed E-state index contributed by atoms with van der Waals surface area (Å²) >= 11 is 0. The van der Waals surface area contributed by atoms with Crippen molar-refractivity contribution >= 4 is 17.5 Å². The minimum Gasteiger partial charge on any atom is -0.481 e. The maximum absolute atomic E-state index is 11.7. The molecule has 0 amide bonds. The summed E-state index contributed by atoms with van der Waals surface area (Å²) in [7, 11) is 0. The summed E-state index contributed by atoms with van der Waals surface area (Å²) in [5.41, 5.74) is 0.887. The molecule has 0 aliphatic heterocycles. The molecule has 20 heavy (non-hydrogen) atoms. The third-order valence-corrected chi connectivity index (χ3v) is 5.25. The Labute approximate surface area is 120 Å². The van der Waals surface area contributed by atoms with Crippen LogP contribution in [0.15, 0.2) is 4.99 Å². The van der Waals surface area contributed by atoms with E-state index in [1.165, 1.54) is 0 Å². The van der Waals surface area contributed by atoms with Gasteiger partial charge in [-0.2, -0.15) is 0 Å². The van der Waals surface area contributed by atoms with Crippen LogP contribution in [0, 0.1) is 17.8 Å². The van der Waals surface area contributed by atoms with Crippen molar-refractivity contribution in [1.29, 1.82) is 0 Å². The van der Waals surface area contributed by atoms with Gasteiger partial charge in [0, 0.05) is 12.1 Å². The lowest BCUT2D eigenvalue weighted by molar-refractivity contribution is -0.143. The van der Waals surface area contributed by atoms with Crippen molar-refractivity contribution in [2.45, 2.75) is 64.8 Å². The van der Waals surface area contributed by atoms with Gasteiger partial charge in [0.25, 0.3) is 0 Å². The number of carbonyl (C=O) groups excluding carboxylic acids is 1. The lowest BCUT2D eigenvalue weighted by Crippen LogP contribution is -2.40. The van der Waals surface area contributed by atoms with Gasteiger partial charge in [0.2, 0.25) is 0 Å². The molecule has 1 N–H and O–H groups in total. The van der Waals surface area contributed by atoms with Crippen LogP contribution in [0.3, 0.4) is 0 Å². The number of carboxylic acids is 1. The smallest absolute Gasteiger partial charge is 0.306 e. The summed E-state index contributed by atoms with van der Waals surface area (Å²) in [6, 6.07) is 0. The minimum atomic E-state index is -0.681. The second kappa shape index (κ2) is 5.66. The number of ketones is 1. The molecule has 0 aromatic rings. The molecule has 0 saturated heterocycles. The highest BCUT2D eigenvalue weighted by molar-refractivity contribution is 6.10. The van der Waals surface area contributed by atoms with Gasteiger partial charge in [0.15, 0.2) is 0 Å². The molecular weight excluding hydrogens is 254 g/mol. The third kappa shape index (κ3) is 2.79. The molecule has 4 heteroatoms. The molecule has 112 valence electrons. The Morgan fingerprint density at radius 1 is 1.30 bits per heavy atom. The molecule has 2 saturated carbocycles. The first-order valence-electron chi connectivity index (χ1n) is 7.70. The van der Waals surface area contributed by atoms with Crippen molar-refractivity contribution in [3.05, 3.63) is 0 Å². The molecule has 2 aliphatic carbocycles. The molecule has 0 spiro atoms. The number of hydrogen-bond donors (Lipinski definition) is 1. The first-order chi connectivity index (χ1) is 9.35. The third-order valence-electron chi connectivity index (χ3n) is 5.25. The first-order valence-corrected chi connectivity index (χ1v) is 7.70. The summed E-state index contributed by atoms with van der Waals surface area (Å²) < 4.78 is 0. The van der Waals surface area contributed by atoms with Crippen molar-refractivity contribution in [2.75, 3.05) is 0 Å². The molecule has 1 unspecified atom stereocenters. The van der Waals surface area contributed by atoms with Crippen molar-refractivity contribution in [1.82, 2.24) is 0 Å². The SMILES string of the molecule is CC1C(=O)CCC1=NC1(C(C)C)CCC(C(=O)O)CC1. The van der Waals surface area contributed by atoms with Crippen LogP contribution in [0.2, 0.25) is 0 Å². The zero-order valence-corrected chi connectivity index (χ0v) is 12.7. The number of carbonyl (C=O) groups is 2. The summed E-state index contributed by atoms with van der Waals surface area (Å²) in [4.78, 5) is 27.8. The van der Waals surface area contributed by atoms with E-state index in [1.54, 1.807) is 0 Å². The molecule has 0 aromatic carbocycles. The van der Waals surface area contributed by atoms with Crippen molar-refractivity contribution < 1.29 is 14.7 Å². The van der Waals surface area contributed by atoms with Crippen LogP contribution < -0.4 is 0 Å². The van der Waals surface area contributed by atoms with Crippen LogP contribution >= 0.6 is 0 Å². The van der Waals surface area contributed by atoms with E-state index in [9.17, 15) is 9.59 Å². The van der Waals surface area contributed by atoms with Crippen LogP contribution in [0.25, 0.3) is 0 Å². The minimum absolute atomic E-state index is 0.0391. The van der Waals surface area contributed by atoms with E-state index in [0.29, 0.717) is 31.0 Å². The number of Topliss-reactive ketones (excluding diaryl/α,β-unsaturated/α-hetero) is 1. The molecule has 2 aliphatic rings. The zero-order valence-electron chi connectivity index (χ0n) is 12.7. The standard InChI is InChI=1S/C16H25NO3/c1-10(2)16(8-6-12(7-9-16)15(19)20)17-13-4-5-14(18)11(13)3/h10-12H,4-9H2,1-3H3,(H,19,20). The van der Waals surface area contributed by atoms with E-state index < -0.39 is 5.97 Å². The van der Waals surface area contributed by atoms with Crippen LogP contribution in [0.1, 0.15) is 59.3 Å². The van der Waals surface area contributed by atoms with E-state index in [4.69, 9.17) is 10.1 Å². The molecule has 1 atom stereocenters. The number of aliphatic carboxylic acids is 1. The fourth-order valence-electron chi connectivity index (χ4n) is 3.49. The van der Waals surface area contributed by atoms with Gasteiger partial charge in [-0.25, -0.2) is 0 Å². The van der Waals surface area contributed by atoms with Crippen LogP contribution in [-0.4, -0.2) is 28.1 Å². The lowest BCUT2D eigenvalue weighted by Gasteiger charge is -2.40. The molecule has 0 heterocycles. The van der Waals surface area contributed by atoms with Gasteiger partial charge in [-0.3, -0.25) is 14.6 Å². The average Bonchev–Trinajstić information content (AvgIpc) is 2.71. The highest BCUT2D eigenvalue weighted by Crippen LogP contribution is 2.41. The van der Waals surface area contributed by atoms with Gasteiger partial charge >= 0.3 is 5.97 Å². The predicted molar refractivity (Wildman–Crippen MR) is 78.0 cm³/mol. The van der Waals surface area contributed by atoms with Gasteiger partial charge in [-0.1, -0.05) is 20.8 Å². The Bertz CT molecular complexity index is 431. The van der Waals surface area contributed by atoms with Gasteiger partial charge in [0.1, 0.15) is 5.78 Å². The van der Waals surface area contributed by atoms with Gasteiger partial charge in [-0.05, 0) is 38.0 Å². The second-order valence-corrected chi connectivity index (χ2v) is 6.66. The number of rotatable bonds is 3. The Balaban J connectivity index is 2.18. The normalized spacial score (nSPS) is 36.8.